The summed E-state index contributed by atoms with van der Waals surface area (Å²) in [5.74, 6) is -4.17. The highest BCUT2D eigenvalue weighted by molar-refractivity contribution is 5.85. The van der Waals surface area contributed by atoms with Gasteiger partial charge in [-0.1, -0.05) is 0 Å². The lowest BCUT2D eigenvalue weighted by atomic mass is 10.9. The van der Waals surface area contributed by atoms with Crippen molar-refractivity contribution in [2.24, 2.45) is 0 Å². The van der Waals surface area contributed by atoms with Crippen molar-refractivity contribution in [3.63, 3.8) is 0 Å². The van der Waals surface area contributed by atoms with E-state index < -0.39 is 34.9 Å². The van der Waals surface area contributed by atoms with Crippen molar-refractivity contribution in [2.45, 2.75) is 34.6 Å². The first-order valence-electron chi connectivity index (χ1n) is 5.20. The van der Waals surface area contributed by atoms with E-state index in [-0.39, 0.29) is 12.4 Å². The molecule has 0 bridgehead atoms. The second-order valence-electron chi connectivity index (χ2n) is 2.83. The van der Waals surface area contributed by atoms with Crippen LogP contribution in [0.4, 0.5) is 0 Å². The van der Waals surface area contributed by atoms with Crippen LogP contribution in [0.5, 0.6) is 0 Å². The Hall–Kier alpha value is -3.16. The summed E-state index contributed by atoms with van der Waals surface area (Å²) in [6.45, 7) is 5.42. The van der Waals surface area contributed by atoms with Gasteiger partial charge < -0.3 is 30.7 Å². The fourth-order valence-corrected chi connectivity index (χ4v) is 0. The minimum atomic E-state index is -1.50. The van der Waals surface area contributed by atoms with Crippen molar-refractivity contribution in [1.29, 1.82) is 0 Å². The van der Waals surface area contributed by atoms with Crippen LogP contribution in [0.25, 0.3) is 0 Å². The standard InChI is InChI=1S/5C2H4O2.ClH.HNO3/c5*1-2(3)4;;2-1(3)4/h5*1H3,(H,3,4);1H;(H,2,3,4). The molecule has 0 aliphatic heterocycles. The van der Waals surface area contributed by atoms with Crippen LogP contribution in [0.1, 0.15) is 34.6 Å². The summed E-state index contributed by atoms with van der Waals surface area (Å²) < 4.78 is 0. The number of nitrogens with zero attached hydrogens (tertiary/aromatic N) is 1. The molecule has 0 aromatic carbocycles. The molecular formula is C10H22ClNO13. The predicted octanol–water partition coefficient (Wildman–Crippen LogP) is 0.529. The molecule has 0 aliphatic rings. The molecule has 14 nitrogen and oxygen atoms in total. The maximum absolute atomic E-state index is 9.00. The molecule has 25 heavy (non-hydrogen) atoms. The first kappa shape index (κ1) is 43.1. The Morgan fingerprint density at radius 2 is 0.600 bits per heavy atom. The minimum absolute atomic E-state index is 0. The van der Waals surface area contributed by atoms with Crippen molar-refractivity contribution in [2.75, 3.05) is 0 Å². The Bertz CT molecular complexity index is 266. The summed E-state index contributed by atoms with van der Waals surface area (Å²) in [5, 5.41) is 50.7. The summed E-state index contributed by atoms with van der Waals surface area (Å²) >= 11 is 0. The zero-order valence-corrected chi connectivity index (χ0v) is 14.7. The normalized spacial score (nSPS) is 5.96. The molecule has 0 saturated carbocycles. The third kappa shape index (κ3) is 741. The van der Waals surface area contributed by atoms with Gasteiger partial charge in [0.05, 0.1) is 0 Å². The molecule has 0 amide bonds. The molecule has 0 unspecified atom stereocenters. The smallest absolute Gasteiger partial charge is 0.300 e. The maximum atomic E-state index is 9.00. The highest BCUT2D eigenvalue weighted by Crippen LogP contribution is 1.43. The Morgan fingerprint density at radius 1 is 0.600 bits per heavy atom. The average Bonchev–Trinajstić information content (AvgIpc) is 2.08. The summed E-state index contributed by atoms with van der Waals surface area (Å²) in [6.07, 6.45) is 0. The zero-order valence-electron chi connectivity index (χ0n) is 13.9. The van der Waals surface area contributed by atoms with Crippen LogP contribution in [0.2, 0.25) is 0 Å². The molecule has 6 N–H and O–H groups in total. The first-order chi connectivity index (χ1) is 10.4. The number of aliphatic carboxylic acids is 5. The van der Waals surface area contributed by atoms with E-state index in [9.17, 15) is 0 Å². The predicted molar refractivity (Wildman–Crippen MR) is 82.6 cm³/mol. The SMILES string of the molecule is CC(=O)O.CC(=O)O.CC(=O)O.CC(=O)O.CC(=O)O.Cl.O=[N+]([O-])O. The van der Waals surface area contributed by atoms with E-state index in [4.69, 9.17) is 64.8 Å². The molecule has 0 rings (SSSR count). The highest BCUT2D eigenvalue weighted by atomic mass is 35.5. The van der Waals surface area contributed by atoms with Gasteiger partial charge in [0.1, 0.15) is 0 Å². The second kappa shape index (κ2) is 37.2. The van der Waals surface area contributed by atoms with Crippen LogP contribution < -0.4 is 0 Å². The quantitative estimate of drug-likeness (QED) is 0.240. The van der Waals surface area contributed by atoms with Gasteiger partial charge in [0.25, 0.3) is 34.9 Å². The molecule has 0 aromatic heterocycles. The Morgan fingerprint density at radius 3 is 0.600 bits per heavy atom. The molecule has 0 saturated heterocycles. The lowest BCUT2D eigenvalue weighted by Crippen LogP contribution is -1.81. The largest absolute Gasteiger partial charge is 0.481 e. The maximum Gasteiger partial charge on any atom is 0.300 e. The number of carbonyl (C=O) groups is 5. The zero-order chi connectivity index (χ0) is 21.5. The van der Waals surface area contributed by atoms with Gasteiger partial charge in [0.15, 0.2) is 0 Å². The molecular weight excluding hydrogens is 378 g/mol. The molecule has 0 atom stereocenters. The Labute approximate surface area is 147 Å². The fourth-order valence-electron chi connectivity index (χ4n) is 0. The molecule has 0 fully saturated rings. The molecule has 0 aromatic rings. The van der Waals surface area contributed by atoms with Crippen LogP contribution in [0.15, 0.2) is 0 Å². The third-order valence-corrected chi connectivity index (χ3v) is 0. The van der Waals surface area contributed by atoms with Crippen molar-refractivity contribution >= 4 is 42.3 Å². The molecule has 0 radical (unpaired) electrons. The van der Waals surface area contributed by atoms with E-state index in [1.165, 1.54) is 0 Å². The topological polar surface area (TPSA) is 250 Å². The summed E-state index contributed by atoms with van der Waals surface area (Å²) in [5.41, 5.74) is 0. The van der Waals surface area contributed by atoms with E-state index >= 15 is 0 Å². The van der Waals surface area contributed by atoms with E-state index in [0.717, 1.165) is 34.6 Å². The molecule has 15 heteroatoms. The van der Waals surface area contributed by atoms with Gasteiger partial charge in [0.2, 0.25) is 0 Å². The molecule has 0 spiro atoms. The van der Waals surface area contributed by atoms with Crippen LogP contribution in [0.3, 0.4) is 0 Å². The number of rotatable bonds is 0. The summed E-state index contributed by atoms with van der Waals surface area (Å²) in [4.78, 5) is 53.4. The highest BCUT2D eigenvalue weighted by Gasteiger charge is 1.67. The van der Waals surface area contributed by atoms with Gasteiger partial charge in [0, 0.05) is 34.6 Å². The first-order valence-corrected chi connectivity index (χ1v) is 5.20. The van der Waals surface area contributed by atoms with Gasteiger partial charge in [-0.15, -0.1) is 22.5 Å². The van der Waals surface area contributed by atoms with E-state index in [1.54, 1.807) is 0 Å². The van der Waals surface area contributed by atoms with E-state index in [2.05, 4.69) is 0 Å². The number of halogens is 1. The minimum Gasteiger partial charge on any atom is -0.481 e. The summed E-state index contributed by atoms with van der Waals surface area (Å²) in [6, 6.07) is 0. The molecule has 0 aliphatic carbocycles. The second-order valence-corrected chi connectivity index (χ2v) is 2.83. The van der Waals surface area contributed by atoms with Crippen LogP contribution in [-0.4, -0.2) is 65.7 Å². The van der Waals surface area contributed by atoms with Gasteiger partial charge in [-0.25, -0.2) is 0 Å². The molecule has 152 valence electrons. The number of carboxylic acid groups (broad SMARTS) is 5. The molecule has 0 heterocycles. The van der Waals surface area contributed by atoms with Crippen molar-refractivity contribution in [1.82, 2.24) is 0 Å². The average molecular weight is 400 g/mol. The number of hydrogen-bond acceptors (Lipinski definition) is 7. The lowest BCUT2D eigenvalue weighted by molar-refractivity contribution is -0.742. The van der Waals surface area contributed by atoms with Gasteiger partial charge in [-0.05, 0) is 0 Å². The van der Waals surface area contributed by atoms with Crippen molar-refractivity contribution in [3.8, 4) is 0 Å². The van der Waals surface area contributed by atoms with E-state index in [0.29, 0.717) is 0 Å². The van der Waals surface area contributed by atoms with Crippen LogP contribution in [0, 0.1) is 10.1 Å². The van der Waals surface area contributed by atoms with Gasteiger partial charge in [-0.2, -0.15) is 0 Å². The number of hydrogen-bond donors (Lipinski definition) is 6. The summed E-state index contributed by atoms with van der Waals surface area (Å²) in [7, 11) is 0. The Kier molecular flexibility index (Phi) is 64.2. The Balaban J connectivity index is -0.0000000309. The third-order valence-electron chi connectivity index (χ3n) is 0. The van der Waals surface area contributed by atoms with Crippen molar-refractivity contribution in [3.05, 3.63) is 10.1 Å². The fraction of sp³-hybridized carbons (Fsp3) is 0.500. The van der Waals surface area contributed by atoms with Gasteiger partial charge >= 0.3 is 0 Å². The lowest BCUT2D eigenvalue weighted by Gasteiger charge is -1.59. The van der Waals surface area contributed by atoms with Crippen LogP contribution in [-0.2, 0) is 24.0 Å². The monoisotopic (exact) mass is 399 g/mol. The van der Waals surface area contributed by atoms with Gasteiger partial charge in [-0.3, -0.25) is 24.0 Å². The number of carboxylic acids is 5. The van der Waals surface area contributed by atoms with Crippen LogP contribution >= 0.6 is 12.4 Å². The van der Waals surface area contributed by atoms with E-state index in [1.807, 2.05) is 0 Å². The van der Waals surface area contributed by atoms with Crippen molar-refractivity contribution < 1.29 is 59.8 Å².